The third-order valence-electron chi connectivity index (χ3n) is 3.26. The Labute approximate surface area is 101 Å². The van der Waals surface area contributed by atoms with Crippen LogP contribution in [0.4, 0.5) is 0 Å². The van der Waals surface area contributed by atoms with Crippen LogP contribution in [0.2, 0.25) is 0 Å². The number of nitrogens with two attached hydrogens (primary N) is 2. The van der Waals surface area contributed by atoms with E-state index in [4.69, 9.17) is 17.0 Å². The maximum absolute atomic E-state index is 7.28. The molecule has 14 heavy (non-hydrogen) atoms. The van der Waals surface area contributed by atoms with Gasteiger partial charge in [0.25, 0.3) is 0 Å². The normalized spacial score (nSPS) is 34.8. The van der Waals surface area contributed by atoms with Crippen LogP contribution in [0.15, 0.2) is 0 Å². The minimum Gasteiger partial charge on any atom is -0.369 e. The molecule has 3 fully saturated rings. The van der Waals surface area contributed by atoms with Gasteiger partial charge in [0.05, 0.1) is 6.04 Å². The highest BCUT2D eigenvalue weighted by Gasteiger charge is 2.37. The van der Waals surface area contributed by atoms with Gasteiger partial charge in [-0.25, -0.2) is 5.84 Å². The largest absolute Gasteiger partial charge is 0.369 e. The molecule has 0 radical (unpaired) electrons. The lowest BCUT2D eigenvalue weighted by Gasteiger charge is -2.47. The van der Waals surface area contributed by atoms with Crippen molar-refractivity contribution in [3.8, 4) is 0 Å². The highest BCUT2D eigenvalue weighted by molar-refractivity contribution is 14.0. The molecular formula is C8H18IN5. The molecule has 5 nitrogen and oxygen atoms in total. The van der Waals surface area contributed by atoms with Gasteiger partial charge >= 0.3 is 0 Å². The van der Waals surface area contributed by atoms with Crippen molar-refractivity contribution in [2.24, 2.45) is 17.5 Å². The molecule has 2 bridgehead atoms. The molecule has 0 aliphatic carbocycles. The van der Waals surface area contributed by atoms with Crippen LogP contribution >= 0.6 is 24.0 Å². The Morgan fingerprint density at radius 3 is 2.29 bits per heavy atom. The summed E-state index contributed by atoms with van der Waals surface area (Å²) in [6.45, 7) is 3.35. The number of nitrogens with one attached hydrogen (secondary N) is 1. The molecule has 0 aromatic carbocycles. The van der Waals surface area contributed by atoms with E-state index in [9.17, 15) is 0 Å². The van der Waals surface area contributed by atoms with E-state index in [-0.39, 0.29) is 36.0 Å². The van der Waals surface area contributed by atoms with Gasteiger partial charge in [-0.1, -0.05) is 0 Å². The fourth-order valence-corrected chi connectivity index (χ4v) is 2.43. The van der Waals surface area contributed by atoms with Crippen LogP contribution in [0.1, 0.15) is 12.8 Å². The highest BCUT2D eigenvalue weighted by Crippen LogP contribution is 2.29. The fraction of sp³-hybridized carbons (Fsp3) is 0.875. The zero-order valence-corrected chi connectivity index (χ0v) is 10.5. The molecule has 1 atom stereocenters. The summed E-state index contributed by atoms with van der Waals surface area (Å²) in [5.41, 5.74) is 5.36. The first-order valence-electron chi connectivity index (χ1n) is 4.79. The van der Waals surface area contributed by atoms with Gasteiger partial charge in [-0.15, -0.1) is 24.0 Å². The second kappa shape index (κ2) is 4.63. The predicted molar refractivity (Wildman–Crippen MR) is 66.3 cm³/mol. The average molecular weight is 311 g/mol. The lowest BCUT2D eigenvalue weighted by molar-refractivity contribution is 0.0331. The third-order valence-corrected chi connectivity index (χ3v) is 3.26. The van der Waals surface area contributed by atoms with Crippen LogP contribution < -0.4 is 11.6 Å². The van der Waals surface area contributed by atoms with Crippen LogP contribution in [-0.2, 0) is 0 Å². The molecular weight excluding hydrogens is 293 g/mol. The van der Waals surface area contributed by atoms with Gasteiger partial charge in [-0.3, -0.25) is 10.4 Å². The van der Waals surface area contributed by atoms with Gasteiger partial charge in [0.1, 0.15) is 0 Å². The van der Waals surface area contributed by atoms with E-state index in [2.05, 4.69) is 4.90 Å². The van der Waals surface area contributed by atoms with E-state index in [1.54, 1.807) is 0 Å². The molecule has 3 aliphatic heterocycles. The summed E-state index contributed by atoms with van der Waals surface area (Å²) < 4.78 is 0. The summed E-state index contributed by atoms with van der Waals surface area (Å²) in [5, 5.41) is 8.70. The van der Waals surface area contributed by atoms with E-state index in [1.165, 1.54) is 30.9 Å². The molecule has 0 aromatic rings. The molecule has 0 aromatic heterocycles. The second-order valence-corrected chi connectivity index (χ2v) is 4.00. The summed E-state index contributed by atoms with van der Waals surface area (Å²) in [5.74, 6) is 6.36. The van der Waals surface area contributed by atoms with Gasteiger partial charge < -0.3 is 10.6 Å². The molecule has 82 valence electrons. The lowest BCUT2D eigenvalue weighted by Crippen LogP contribution is -2.62. The Balaban J connectivity index is 0.000000980. The maximum atomic E-state index is 7.28. The van der Waals surface area contributed by atoms with Crippen molar-refractivity contribution in [1.29, 1.82) is 5.41 Å². The molecule has 6 heteroatoms. The Morgan fingerprint density at radius 1 is 1.36 bits per heavy atom. The summed E-state index contributed by atoms with van der Waals surface area (Å²) >= 11 is 0. The number of nitrogens with zero attached hydrogens (tertiary/aromatic N) is 2. The summed E-state index contributed by atoms with van der Waals surface area (Å²) in [7, 11) is 0. The van der Waals surface area contributed by atoms with Gasteiger partial charge in [-0.2, -0.15) is 0 Å². The van der Waals surface area contributed by atoms with Gasteiger partial charge in [0, 0.05) is 6.54 Å². The number of piperidine rings is 3. The second-order valence-electron chi connectivity index (χ2n) is 4.00. The Morgan fingerprint density at radius 2 is 1.93 bits per heavy atom. The molecule has 3 saturated heterocycles. The SMILES string of the molecule is I.N=C(N)N(N)[C@@H]1CN2CCC1CC2. The van der Waals surface area contributed by atoms with E-state index in [1.807, 2.05) is 0 Å². The first-order chi connectivity index (χ1) is 6.18. The molecule has 3 rings (SSSR count). The number of halogens is 1. The quantitative estimate of drug-likeness (QED) is 0.205. The Bertz CT molecular complexity index is 214. The lowest BCUT2D eigenvalue weighted by atomic mass is 9.84. The van der Waals surface area contributed by atoms with Crippen LogP contribution in [-0.4, -0.2) is 41.5 Å². The number of rotatable bonds is 1. The van der Waals surface area contributed by atoms with E-state index < -0.39 is 0 Å². The topological polar surface area (TPSA) is 82.4 Å². The van der Waals surface area contributed by atoms with Crippen LogP contribution in [0.5, 0.6) is 0 Å². The molecule has 0 unspecified atom stereocenters. The van der Waals surface area contributed by atoms with Crippen LogP contribution in [0, 0.1) is 11.3 Å². The average Bonchev–Trinajstić information content (AvgIpc) is 2.18. The highest BCUT2D eigenvalue weighted by atomic mass is 127. The first kappa shape index (κ1) is 12.0. The molecule has 3 aliphatic rings. The number of guanidine groups is 1. The molecule has 5 N–H and O–H groups in total. The molecule has 0 spiro atoms. The summed E-state index contributed by atoms with van der Waals surface area (Å²) in [6, 6.07) is 0.264. The maximum Gasteiger partial charge on any atom is 0.203 e. The Kier molecular flexibility index (Phi) is 3.96. The Hall–Kier alpha value is -0.0800. The minimum atomic E-state index is -0.0150. The van der Waals surface area contributed by atoms with Crippen LogP contribution in [0.25, 0.3) is 0 Å². The number of hydrazine groups is 1. The molecule has 3 heterocycles. The van der Waals surface area contributed by atoms with E-state index in [0.29, 0.717) is 5.92 Å². The smallest absolute Gasteiger partial charge is 0.203 e. The van der Waals surface area contributed by atoms with Crippen molar-refractivity contribution in [3.05, 3.63) is 0 Å². The van der Waals surface area contributed by atoms with E-state index >= 15 is 0 Å². The standard InChI is InChI=1S/C8H17N5.HI/c9-8(10)13(11)7-5-12-3-1-6(7)2-4-12;/h6-7H,1-5,11H2,(H3,9,10);1H/t7-;/m1./s1. The van der Waals surface area contributed by atoms with Gasteiger partial charge in [-0.05, 0) is 31.8 Å². The summed E-state index contributed by atoms with van der Waals surface area (Å²) in [6.07, 6.45) is 2.40. The van der Waals surface area contributed by atoms with Gasteiger partial charge in [0.15, 0.2) is 0 Å². The van der Waals surface area contributed by atoms with Crippen molar-refractivity contribution < 1.29 is 0 Å². The van der Waals surface area contributed by atoms with Crippen LogP contribution in [0.3, 0.4) is 0 Å². The summed E-state index contributed by atoms with van der Waals surface area (Å²) in [4.78, 5) is 2.40. The molecule has 0 amide bonds. The van der Waals surface area contributed by atoms with Crippen molar-refractivity contribution >= 4 is 29.9 Å². The van der Waals surface area contributed by atoms with Crippen molar-refractivity contribution in [2.45, 2.75) is 18.9 Å². The number of fused-ring (bicyclic) bond motifs is 3. The number of hydrogen-bond acceptors (Lipinski definition) is 3. The number of hydrogen-bond donors (Lipinski definition) is 3. The van der Waals surface area contributed by atoms with Crippen molar-refractivity contribution in [2.75, 3.05) is 19.6 Å². The zero-order valence-electron chi connectivity index (χ0n) is 8.15. The fourth-order valence-electron chi connectivity index (χ4n) is 2.43. The predicted octanol–water partition coefficient (Wildman–Crippen LogP) is -0.232. The molecule has 0 saturated carbocycles. The van der Waals surface area contributed by atoms with Gasteiger partial charge in [0.2, 0.25) is 5.96 Å². The third kappa shape index (κ3) is 2.12. The van der Waals surface area contributed by atoms with Crippen molar-refractivity contribution in [1.82, 2.24) is 9.91 Å². The van der Waals surface area contributed by atoms with Crippen molar-refractivity contribution in [3.63, 3.8) is 0 Å². The van der Waals surface area contributed by atoms with E-state index in [0.717, 1.165) is 6.54 Å². The monoisotopic (exact) mass is 311 g/mol. The minimum absolute atomic E-state index is 0. The first-order valence-corrected chi connectivity index (χ1v) is 4.79. The zero-order chi connectivity index (χ0) is 9.42.